The molecular weight excluding hydrogens is 455 g/mol. The first kappa shape index (κ1) is 21.3. The molecule has 3 aromatic heterocycles. The van der Waals surface area contributed by atoms with Gasteiger partial charge in [0.25, 0.3) is 5.91 Å². The van der Waals surface area contributed by atoms with Crippen molar-refractivity contribution in [2.24, 2.45) is 5.10 Å². The molecule has 0 saturated heterocycles. The van der Waals surface area contributed by atoms with Crippen LogP contribution in [0.25, 0.3) is 15.9 Å². The molecule has 1 amide bonds. The van der Waals surface area contributed by atoms with Crippen LogP contribution in [-0.2, 0) is 0 Å². The molecule has 0 saturated carbocycles. The Balaban J connectivity index is 1.57. The number of hydrogen-bond acceptors (Lipinski definition) is 6. The molecule has 3 heterocycles. The van der Waals surface area contributed by atoms with Crippen molar-refractivity contribution in [2.75, 3.05) is 5.73 Å². The first-order valence-electron chi connectivity index (χ1n) is 9.25. The lowest BCUT2D eigenvalue weighted by molar-refractivity contribution is 0.0958. The van der Waals surface area contributed by atoms with Crippen molar-refractivity contribution >= 4 is 62.7 Å². The Hall–Kier alpha value is -2.94. The third kappa shape index (κ3) is 3.89. The number of aryl methyl sites for hydroxylation is 2. The highest BCUT2D eigenvalue weighted by molar-refractivity contribution is 7.20. The molecule has 0 aliphatic heterocycles. The number of thiophene rings is 1. The summed E-state index contributed by atoms with van der Waals surface area (Å²) in [5.74, 6) is 0.0329. The largest absolute Gasteiger partial charge is 0.383 e. The summed E-state index contributed by atoms with van der Waals surface area (Å²) in [5, 5.41) is 5.83. The topological polar surface area (TPSA) is 98.2 Å². The maximum atomic E-state index is 12.6. The van der Waals surface area contributed by atoms with Gasteiger partial charge in [0.15, 0.2) is 0 Å². The van der Waals surface area contributed by atoms with E-state index in [4.69, 9.17) is 28.9 Å². The van der Waals surface area contributed by atoms with Gasteiger partial charge in [-0.1, -0.05) is 23.2 Å². The second-order valence-corrected chi connectivity index (χ2v) is 8.77. The average Bonchev–Trinajstić information content (AvgIpc) is 3.21. The minimum Gasteiger partial charge on any atom is -0.383 e. The quantitative estimate of drug-likeness (QED) is 0.320. The monoisotopic (exact) mass is 472 g/mol. The predicted molar refractivity (Wildman–Crippen MR) is 127 cm³/mol. The summed E-state index contributed by atoms with van der Waals surface area (Å²) in [4.78, 5) is 22.0. The number of nitrogens with one attached hydrogen (secondary N) is 1. The van der Waals surface area contributed by atoms with Crippen molar-refractivity contribution in [2.45, 2.75) is 20.8 Å². The van der Waals surface area contributed by atoms with Crippen LogP contribution in [0.2, 0.25) is 10.0 Å². The van der Waals surface area contributed by atoms with Crippen molar-refractivity contribution < 1.29 is 4.79 Å². The van der Waals surface area contributed by atoms with Gasteiger partial charge in [0.1, 0.15) is 17.0 Å². The van der Waals surface area contributed by atoms with E-state index in [2.05, 4.69) is 20.5 Å². The molecule has 7 nitrogen and oxygen atoms in total. The van der Waals surface area contributed by atoms with Gasteiger partial charge in [0, 0.05) is 22.6 Å². The molecule has 4 rings (SSSR count). The molecule has 0 atom stereocenters. The lowest BCUT2D eigenvalue weighted by atomic mass is 10.2. The normalized spacial score (nSPS) is 11.5. The zero-order valence-corrected chi connectivity index (χ0v) is 19.2. The van der Waals surface area contributed by atoms with Crippen LogP contribution in [0.4, 0.5) is 5.82 Å². The van der Waals surface area contributed by atoms with Crippen LogP contribution in [-0.4, -0.2) is 26.7 Å². The maximum Gasteiger partial charge on any atom is 0.281 e. The Bertz CT molecular complexity index is 1360. The molecule has 0 fully saturated rings. The van der Waals surface area contributed by atoms with Crippen LogP contribution >= 0.6 is 34.5 Å². The van der Waals surface area contributed by atoms with Gasteiger partial charge >= 0.3 is 0 Å². The van der Waals surface area contributed by atoms with Gasteiger partial charge in [-0.3, -0.25) is 4.79 Å². The summed E-state index contributed by atoms with van der Waals surface area (Å²) in [7, 11) is 0. The SMILES string of the molecule is Cc1c(C(=O)N/N=C\c2cc(C)n(-c3ccc(Cl)c(Cl)c3)c2C)sc2ncnc(N)c12. The molecule has 3 N–H and O–H groups in total. The minimum atomic E-state index is -0.325. The summed E-state index contributed by atoms with van der Waals surface area (Å²) < 4.78 is 2.04. The van der Waals surface area contributed by atoms with Gasteiger partial charge in [-0.25, -0.2) is 15.4 Å². The molecule has 31 heavy (non-hydrogen) atoms. The van der Waals surface area contributed by atoms with Crippen LogP contribution in [0.3, 0.4) is 0 Å². The van der Waals surface area contributed by atoms with Crippen molar-refractivity contribution in [1.82, 2.24) is 20.0 Å². The minimum absolute atomic E-state index is 0.325. The van der Waals surface area contributed by atoms with Crippen LogP contribution < -0.4 is 11.2 Å². The van der Waals surface area contributed by atoms with Gasteiger partial charge in [-0.15, -0.1) is 11.3 Å². The van der Waals surface area contributed by atoms with Gasteiger partial charge in [0.2, 0.25) is 0 Å². The fraction of sp³-hybridized carbons (Fsp3) is 0.143. The number of rotatable bonds is 4. The second kappa shape index (κ2) is 8.30. The van der Waals surface area contributed by atoms with Crippen LogP contribution in [0.5, 0.6) is 0 Å². The number of fused-ring (bicyclic) bond motifs is 1. The Morgan fingerprint density at radius 3 is 2.68 bits per heavy atom. The number of hydrazone groups is 1. The van der Waals surface area contributed by atoms with E-state index in [0.717, 1.165) is 28.2 Å². The summed E-state index contributed by atoms with van der Waals surface area (Å²) in [5.41, 5.74) is 13.0. The third-order valence-electron chi connectivity index (χ3n) is 4.96. The second-order valence-electron chi connectivity index (χ2n) is 6.95. The van der Waals surface area contributed by atoms with Gasteiger partial charge in [0.05, 0.1) is 26.5 Å². The van der Waals surface area contributed by atoms with Crippen molar-refractivity contribution in [3.8, 4) is 5.69 Å². The summed E-state index contributed by atoms with van der Waals surface area (Å²) in [6.07, 6.45) is 3.00. The molecule has 0 aliphatic rings. The Morgan fingerprint density at radius 2 is 1.97 bits per heavy atom. The highest BCUT2D eigenvalue weighted by Crippen LogP contribution is 2.32. The number of nitrogens with two attached hydrogens (primary N) is 1. The zero-order valence-electron chi connectivity index (χ0n) is 16.9. The van der Waals surface area contributed by atoms with Crippen LogP contribution in [0, 0.1) is 20.8 Å². The number of amides is 1. The molecule has 0 aliphatic carbocycles. The van der Waals surface area contributed by atoms with E-state index >= 15 is 0 Å². The summed E-state index contributed by atoms with van der Waals surface area (Å²) in [6.45, 7) is 5.77. The number of aromatic nitrogens is 3. The molecule has 1 aromatic carbocycles. The fourth-order valence-corrected chi connectivity index (χ4v) is 4.81. The standard InChI is InChI=1S/C21H18Cl2N6OS/c1-10-6-13(12(3)29(10)14-4-5-15(22)16(23)7-14)8-27-28-20(30)18-11(2)17-19(24)25-9-26-21(17)31-18/h4-9H,1-3H3,(H,28,30)(H2,24,25,26)/b27-8-. The van der Waals surface area contributed by atoms with E-state index in [1.54, 1.807) is 12.3 Å². The van der Waals surface area contributed by atoms with E-state index in [1.807, 2.05) is 43.5 Å². The van der Waals surface area contributed by atoms with E-state index in [1.165, 1.54) is 17.7 Å². The molecule has 0 unspecified atom stereocenters. The fourth-order valence-electron chi connectivity index (χ4n) is 3.47. The predicted octanol–water partition coefficient (Wildman–Crippen LogP) is 5.06. The maximum absolute atomic E-state index is 12.6. The highest BCUT2D eigenvalue weighted by atomic mass is 35.5. The summed E-state index contributed by atoms with van der Waals surface area (Å²) in [6, 6.07) is 7.45. The number of halogens is 2. The van der Waals surface area contributed by atoms with E-state index in [-0.39, 0.29) is 5.91 Å². The molecule has 0 bridgehead atoms. The number of hydrogen-bond donors (Lipinski definition) is 2. The molecule has 0 radical (unpaired) electrons. The first-order chi connectivity index (χ1) is 14.8. The van der Waals surface area contributed by atoms with Crippen molar-refractivity contribution in [3.05, 3.63) is 68.0 Å². The molecule has 0 spiro atoms. The number of carbonyl (C=O) groups is 1. The van der Waals surface area contributed by atoms with E-state index in [9.17, 15) is 4.79 Å². The third-order valence-corrected chi connectivity index (χ3v) is 6.90. The summed E-state index contributed by atoms with van der Waals surface area (Å²) >= 11 is 13.5. The van der Waals surface area contributed by atoms with Crippen LogP contribution in [0.15, 0.2) is 35.7 Å². The lowest BCUT2D eigenvalue weighted by Gasteiger charge is -2.10. The van der Waals surface area contributed by atoms with E-state index < -0.39 is 0 Å². The van der Waals surface area contributed by atoms with Crippen molar-refractivity contribution in [3.63, 3.8) is 0 Å². The molecule has 158 valence electrons. The van der Waals surface area contributed by atoms with Gasteiger partial charge < -0.3 is 10.3 Å². The Labute approximate surface area is 192 Å². The first-order valence-corrected chi connectivity index (χ1v) is 10.8. The number of nitrogens with zero attached hydrogens (tertiary/aromatic N) is 4. The number of nitrogen functional groups attached to an aromatic ring is 1. The molecule has 10 heteroatoms. The Kier molecular flexibility index (Phi) is 5.70. The smallest absolute Gasteiger partial charge is 0.281 e. The molecule has 4 aromatic rings. The van der Waals surface area contributed by atoms with Crippen LogP contribution in [0.1, 0.15) is 32.2 Å². The zero-order chi connectivity index (χ0) is 22.3. The van der Waals surface area contributed by atoms with Crippen molar-refractivity contribution in [1.29, 1.82) is 0 Å². The van der Waals surface area contributed by atoms with Gasteiger partial charge in [-0.05, 0) is 50.6 Å². The Morgan fingerprint density at radius 1 is 1.19 bits per heavy atom. The highest BCUT2D eigenvalue weighted by Gasteiger charge is 2.18. The molecular formula is C21H18Cl2N6OS. The van der Waals surface area contributed by atoms with Gasteiger partial charge in [-0.2, -0.15) is 5.10 Å². The van der Waals surface area contributed by atoms with E-state index in [0.29, 0.717) is 31.0 Å². The number of anilines is 1. The number of benzene rings is 1. The number of carbonyl (C=O) groups excluding carboxylic acids is 1. The average molecular weight is 473 g/mol. The lowest BCUT2D eigenvalue weighted by Crippen LogP contribution is -2.17.